The van der Waals surface area contributed by atoms with E-state index in [1.165, 1.54) is 0 Å². The fourth-order valence-electron chi connectivity index (χ4n) is 1.77. The fraction of sp³-hybridized carbons (Fsp3) is 0.214. The van der Waals surface area contributed by atoms with Gasteiger partial charge in [0.25, 0.3) is 0 Å². The van der Waals surface area contributed by atoms with Crippen LogP contribution in [0.2, 0.25) is 0 Å². The van der Waals surface area contributed by atoms with Gasteiger partial charge in [0.2, 0.25) is 5.78 Å². The van der Waals surface area contributed by atoms with E-state index in [1.54, 1.807) is 0 Å². The molecule has 0 aliphatic heterocycles. The van der Waals surface area contributed by atoms with Crippen molar-refractivity contribution in [2.75, 3.05) is 0 Å². The molecule has 0 amide bonds. The third-order valence-corrected chi connectivity index (χ3v) is 3.48. The normalized spacial score (nSPS) is 10.5. The predicted octanol–water partition coefficient (Wildman–Crippen LogP) is 3.46. The van der Waals surface area contributed by atoms with E-state index in [1.807, 2.05) is 54.9 Å². The molecule has 2 nitrogen and oxygen atoms in total. The smallest absolute Gasteiger partial charge is 0.209 e. The second kappa shape index (κ2) is 4.88. The van der Waals surface area contributed by atoms with Crippen LogP contribution in [0.5, 0.6) is 0 Å². The lowest BCUT2D eigenvalue weighted by molar-refractivity contribution is 0.103. The van der Waals surface area contributed by atoms with Gasteiger partial charge >= 0.3 is 0 Å². The minimum absolute atomic E-state index is 0.0692. The van der Waals surface area contributed by atoms with E-state index in [0.717, 1.165) is 27.8 Å². The van der Waals surface area contributed by atoms with Gasteiger partial charge in [0, 0.05) is 23.6 Å². The zero-order valence-corrected chi connectivity index (χ0v) is 11.5. The van der Waals surface area contributed by atoms with Crippen LogP contribution in [-0.4, -0.2) is 10.4 Å². The Bertz CT molecular complexity index is 540. The summed E-state index contributed by atoms with van der Waals surface area (Å²) in [5.74, 6) is 0.0692. The zero-order valence-electron chi connectivity index (χ0n) is 9.90. The molecule has 3 heteroatoms. The van der Waals surface area contributed by atoms with Crippen molar-refractivity contribution in [3.63, 3.8) is 0 Å². The Hall–Kier alpha value is -1.35. The molecule has 0 saturated carbocycles. The van der Waals surface area contributed by atoms with Crippen LogP contribution in [0.4, 0.5) is 0 Å². The molecular weight excluding hydrogens is 278 g/mol. The standard InChI is InChI=1S/C14H14BrNO/c1-10-3-5-11(6-4-10)14(17)13-8-7-12(9-15)16(13)2/h3-8H,9H2,1-2H3. The van der Waals surface area contributed by atoms with E-state index in [9.17, 15) is 4.79 Å². The lowest BCUT2D eigenvalue weighted by atomic mass is 10.1. The van der Waals surface area contributed by atoms with Crippen molar-refractivity contribution < 1.29 is 4.79 Å². The van der Waals surface area contributed by atoms with Crippen molar-refractivity contribution in [3.8, 4) is 0 Å². The number of hydrogen-bond acceptors (Lipinski definition) is 1. The molecule has 88 valence electrons. The van der Waals surface area contributed by atoms with Crippen molar-refractivity contribution in [1.82, 2.24) is 4.57 Å². The molecule has 1 heterocycles. The number of aromatic nitrogens is 1. The lowest BCUT2D eigenvalue weighted by Crippen LogP contribution is -2.08. The summed E-state index contributed by atoms with van der Waals surface area (Å²) in [6, 6.07) is 11.5. The van der Waals surface area contributed by atoms with Crippen LogP contribution in [0.1, 0.15) is 27.3 Å². The summed E-state index contributed by atoms with van der Waals surface area (Å²) in [6.45, 7) is 2.01. The maximum atomic E-state index is 12.3. The molecule has 0 unspecified atom stereocenters. The molecule has 0 spiro atoms. The largest absolute Gasteiger partial charge is 0.344 e. The van der Waals surface area contributed by atoms with Gasteiger partial charge in [-0.3, -0.25) is 4.79 Å². The number of benzene rings is 1. The summed E-state index contributed by atoms with van der Waals surface area (Å²) in [5, 5.41) is 0.755. The minimum Gasteiger partial charge on any atom is -0.344 e. The summed E-state index contributed by atoms with van der Waals surface area (Å²) in [6.07, 6.45) is 0. The van der Waals surface area contributed by atoms with Crippen molar-refractivity contribution in [3.05, 3.63) is 58.9 Å². The first kappa shape index (κ1) is 12.1. The highest BCUT2D eigenvalue weighted by molar-refractivity contribution is 9.08. The molecule has 0 saturated heterocycles. The maximum absolute atomic E-state index is 12.3. The second-order valence-corrected chi connectivity index (χ2v) is 4.66. The molecule has 0 aliphatic rings. The predicted molar refractivity (Wildman–Crippen MR) is 72.7 cm³/mol. The molecule has 0 N–H and O–H groups in total. The van der Waals surface area contributed by atoms with Crippen molar-refractivity contribution in [2.45, 2.75) is 12.3 Å². The number of nitrogens with zero attached hydrogens (tertiary/aromatic N) is 1. The van der Waals surface area contributed by atoms with Gasteiger partial charge in [-0.1, -0.05) is 45.8 Å². The molecular formula is C14H14BrNO. The number of carbonyl (C=O) groups excluding carboxylic acids is 1. The van der Waals surface area contributed by atoms with Gasteiger partial charge in [-0.2, -0.15) is 0 Å². The molecule has 17 heavy (non-hydrogen) atoms. The van der Waals surface area contributed by atoms with Crippen molar-refractivity contribution in [1.29, 1.82) is 0 Å². The topological polar surface area (TPSA) is 22.0 Å². The third-order valence-electron chi connectivity index (χ3n) is 2.91. The number of aryl methyl sites for hydroxylation is 1. The Kier molecular flexibility index (Phi) is 3.48. The molecule has 1 aromatic heterocycles. The van der Waals surface area contributed by atoms with E-state index < -0.39 is 0 Å². The molecule has 0 aliphatic carbocycles. The molecule has 0 radical (unpaired) electrons. The van der Waals surface area contributed by atoms with Crippen LogP contribution in [0.15, 0.2) is 36.4 Å². The number of halogens is 1. The Morgan fingerprint density at radius 2 is 1.82 bits per heavy atom. The molecule has 2 rings (SSSR count). The van der Waals surface area contributed by atoms with E-state index in [0.29, 0.717) is 0 Å². The summed E-state index contributed by atoms with van der Waals surface area (Å²) >= 11 is 3.40. The zero-order chi connectivity index (χ0) is 12.4. The second-order valence-electron chi connectivity index (χ2n) is 4.10. The van der Waals surface area contributed by atoms with Gasteiger partial charge in [-0.25, -0.2) is 0 Å². The number of ketones is 1. The molecule has 0 atom stereocenters. The maximum Gasteiger partial charge on any atom is 0.209 e. The van der Waals surface area contributed by atoms with Crippen LogP contribution < -0.4 is 0 Å². The molecule has 1 aromatic carbocycles. The summed E-state index contributed by atoms with van der Waals surface area (Å²) in [7, 11) is 1.91. The highest BCUT2D eigenvalue weighted by Crippen LogP contribution is 2.15. The van der Waals surface area contributed by atoms with Crippen LogP contribution in [0, 0.1) is 6.92 Å². The Balaban J connectivity index is 2.37. The van der Waals surface area contributed by atoms with Crippen molar-refractivity contribution >= 4 is 21.7 Å². The van der Waals surface area contributed by atoms with Crippen LogP contribution in [0.25, 0.3) is 0 Å². The highest BCUT2D eigenvalue weighted by atomic mass is 79.9. The van der Waals surface area contributed by atoms with Gasteiger partial charge in [0.05, 0.1) is 5.69 Å². The first-order valence-electron chi connectivity index (χ1n) is 5.45. The molecule has 2 aromatic rings. The summed E-state index contributed by atoms with van der Waals surface area (Å²) in [4.78, 5) is 12.3. The van der Waals surface area contributed by atoms with E-state index in [-0.39, 0.29) is 5.78 Å². The average molecular weight is 292 g/mol. The monoisotopic (exact) mass is 291 g/mol. The van der Waals surface area contributed by atoms with Gasteiger partial charge < -0.3 is 4.57 Å². The fourth-order valence-corrected chi connectivity index (χ4v) is 2.33. The number of carbonyl (C=O) groups is 1. The first-order valence-corrected chi connectivity index (χ1v) is 6.57. The molecule has 0 fully saturated rings. The lowest BCUT2D eigenvalue weighted by Gasteiger charge is -2.05. The Morgan fingerprint density at radius 3 is 2.35 bits per heavy atom. The van der Waals surface area contributed by atoms with Gasteiger partial charge in [0.15, 0.2) is 0 Å². The van der Waals surface area contributed by atoms with E-state index in [2.05, 4.69) is 15.9 Å². The molecule has 0 bridgehead atoms. The highest BCUT2D eigenvalue weighted by Gasteiger charge is 2.13. The number of rotatable bonds is 3. The Morgan fingerprint density at radius 1 is 1.18 bits per heavy atom. The van der Waals surface area contributed by atoms with Gasteiger partial charge in [0.1, 0.15) is 0 Å². The number of hydrogen-bond donors (Lipinski definition) is 0. The third kappa shape index (κ3) is 2.34. The number of alkyl halides is 1. The van der Waals surface area contributed by atoms with E-state index in [4.69, 9.17) is 0 Å². The van der Waals surface area contributed by atoms with E-state index >= 15 is 0 Å². The average Bonchev–Trinajstić information content (AvgIpc) is 2.70. The van der Waals surface area contributed by atoms with Crippen LogP contribution in [0.3, 0.4) is 0 Å². The first-order chi connectivity index (χ1) is 8.13. The van der Waals surface area contributed by atoms with Gasteiger partial charge in [-0.05, 0) is 19.1 Å². The quantitative estimate of drug-likeness (QED) is 0.627. The Labute approximate surface area is 109 Å². The van der Waals surface area contributed by atoms with Gasteiger partial charge in [-0.15, -0.1) is 0 Å². The van der Waals surface area contributed by atoms with Crippen LogP contribution >= 0.6 is 15.9 Å². The van der Waals surface area contributed by atoms with Crippen LogP contribution in [-0.2, 0) is 12.4 Å². The summed E-state index contributed by atoms with van der Waals surface area (Å²) in [5.41, 5.74) is 3.72. The minimum atomic E-state index is 0.0692. The van der Waals surface area contributed by atoms with Crippen molar-refractivity contribution in [2.24, 2.45) is 7.05 Å². The SMILES string of the molecule is Cc1ccc(C(=O)c2ccc(CBr)n2C)cc1. The summed E-state index contributed by atoms with van der Waals surface area (Å²) < 4.78 is 1.93.